The molecule has 1 N–H and O–H groups in total. The van der Waals surface area contributed by atoms with Crippen LogP contribution in [0.1, 0.15) is 67.2 Å². The molecule has 0 amide bonds. The molecule has 2 bridgehead atoms. The van der Waals surface area contributed by atoms with E-state index in [-0.39, 0.29) is 25.1 Å². The van der Waals surface area contributed by atoms with E-state index in [1.807, 2.05) is 0 Å². The Morgan fingerprint density at radius 2 is 1.92 bits per heavy atom. The van der Waals surface area contributed by atoms with Crippen LogP contribution in [0.15, 0.2) is 0 Å². The van der Waals surface area contributed by atoms with Crippen molar-refractivity contribution in [3.63, 3.8) is 0 Å². The molecule has 4 aliphatic rings. The Balaban J connectivity index is 1.73. The van der Waals surface area contributed by atoms with Crippen molar-refractivity contribution in [1.82, 2.24) is 9.78 Å². The minimum absolute atomic E-state index is 0.0799. The molecule has 0 saturated heterocycles. The van der Waals surface area contributed by atoms with Crippen molar-refractivity contribution in [3.8, 4) is 0 Å². The van der Waals surface area contributed by atoms with Crippen molar-refractivity contribution in [2.24, 2.45) is 11.3 Å². The van der Waals surface area contributed by atoms with Gasteiger partial charge in [0.25, 0.3) is 6.43 Å². The van der Waals surface area contributed by atoms with Crippen LogP contribution in [0.4, 0.5) is 17.6 Å². The third-order valence-corrected chi connectivity index (χ3v) is 5.85. The van der Waals surface area contributed by atoms with Gasteiger partial charge in [0, 0.05) is 24.8 Å². The smallest absolute Gasteiger partial charge is 0.354 e. The highest BCUT2D eigenvalue weighted by Crippen LogP contribution is 2.66. The van der Waals surface area contributed by atoms with Crippen molar-refractivity contribution in [2.75, 3.05) is 0 Å². The molecule has 0 aromatic carbocycles. The molecule has 0 spiro atoms. The molecule has 24 heavy (non-hydrogen) atoms. The van der Waals surface area contributed by atoms with E-state index in [2.05, 4.69) is 5.10 Å². The molecule has 5 rings (SSSR count). The Hall–Kier alpha value is -1.60. The van der Waals surface area contributed by atoms with E-state index in [0.29, 0.717) is 5.92 Å². The first-order valence-corrected chi connectivity index (χ1v) is 8.05. The number of carboxylic acid groups (broad SMARTS) is 1. The third kappa shape index (κ3) is 2.10. The van der Waals surface area contributed by atoms with Gasteiger partial charge in [-0.05, 0) is 30.6 Å². The molecule has 0 unspecified atom stereocenters. The first-order chi connectivity index (χ1) is 11.0. The molecule has 1 aromatic heterocycles. The van der Waals surface area contributed by atoms with E-state index in [9.17, 15) is 27.5 Å². The van der Waals surface area contributed by atoms with Gasteiger partial charge >= 0.3 is 5.97 Å². The molecule has 4 saturated carbocycles. The van der Waals surface area contributed by atoms with Gasteiger partial charge in [-0.2, -0.15) is 5.10 Å². The van der Waals surface area contributed by atoms with Gasteiger partial charge in [-0.25, -0.2) is 22.4 Å². The van der Waals surface area contributed by atoms with Crippen molar-refractivity contribution >= 4 is 5.97 Å². The van der Waals surface area contributed by atoms with Crippen LogP contribution in [0.5, 0.6) is 0 Å². The van der Waals surface area contributed by atoms with Crippen LogP contribution in [-0.4, -0.2) is 26.8 Å². The maximum absolute atomic E-state index is 13.6. The summed E-state index contributed by atoms with van der Waals surface area (Å²) in [7, 11) is 0. The standard InChI is InChI=1S/C16H18F4N2O2/c1-14(5-16(19,20)6-14)7-22-10(13(23)24)9(12(17)18)11(21-22)15-2-8(3-15)4-15/h8,12H,2-7H2,1H3,(H,23,24). The number of aromatic nitrogens is 2. The van der Waals surface area contributed by atoms with Crippen LogP contribution in [-0.2, 0) is 12.0 Å². The summed E-state index contributed by atoms with van der Waals surface area (Å²) in [6, 6.07) is 0. The number of aromatic carboxylic acids is 1. The SMILES string of the molecule is CC1(Cn2nc(C34CC(C3)C4)c(C(F)F)c2C(=O)O)CC(F)(F)C1. The fourth-order valence-corrected chi connectivity index (χ4v) is 4.85. The second-order valence-electron chi connectivity index (χ2n) is 8.15. The lowest BCUT2D eigenvalue weighted by molar-refractivity contribution is -0.160. The highest BCUT2D eigenvalue weighted by atomic mass is 19.3. The number of hydrogen-bond acceptors (Lipinski definition) is 2. The normalized spacial score (nSPS) is 32.0. The monoisotopic (exact) mass is 346 g/mol. The van der Waals surface area contributed by atoms with Crippen LogP contribution < -0.4 is 0 Å². The van der Waals surface area contributed by atoms with Crippen LogP contribution in [0.25, 0.3) is 0 Å². The summed E-state index contributed by atoms with van der Waals surface area (Å²) in [5.41, 5.74) is -2.13. The Labute approximate surface area is 135 Å². The third-order valence-electron chi connectivity index (χ3n) is 5.85. The highest BCUT2D eigenvalue weighted by molar-refractivity contribution is 5.88. The number of alkyl halides is 4. The number of hydrogen-bond donors (Lipinski definition) is 1. The van der Waals surface area contributed by atoms with Crippen LogP contribution >= 0.6 is 0 Å². The van der Waals surface area contributed by atoms with E-state index < -0.39 is 40.4 Å². The number of rotatable bonds is 5. The summed E-state index contributed by atoms with van der Waals surface area (Å²) in [4.78, 5) is 11.6. The van der Waals surface area contributed by atoms with E-state index in [1.54, 1.807) is 6.92 Å². The molecular formula is C16H18F4N2O2. The van der Waals surface area contributed by atoms with E-state index in [4.69, 9.17) is 0 Å². The fraction of sp³-hybridized carbons (Fsp3) is 0.750. The predicted molar refractivity (Wildman–Crippen MR) is 75.5 cm³/mol. The molecule has 1 aromatic rings. The zero-order valence-electron chi connectivity index (χ0n) is 13.2. The predicted octanol–water partition coefficient (Wildman–Crippen LogP) is 4.01. The number of nitrogens with zero attached hydrogens (tertiary/aromatic N) is 2. The summed E-state index contributed by atoms with van der Waals surface area (Å²) in [6.45, 7) is 1.53. The largest absolute Gasteiger partial charge is 0.477 e. The minimum atomic E-state index is -2.94. The van der Waals surface area contributed by atoms with Crippen LogP contribution in [0.2, 0.25) is 0 Å². The molecule has 0 aliphatic heterocycles. The maximum Gasteiger partial charge on any atom is 0.354 e. The zero-order chi connectivity index (χ0) is 17.5. The molecule has 0 atom stereocenters. The van der Waals surface area contributed by atoms with E-state index >= 15 is 0 Å². The lowest BCUT2D eigenvalue weighted by Gasteiger charge is -2.61. The fourth-order valence-electron chi connectivity index (χ4n) is 4.85. The quantitative estimate of drug-likeness (QED) is 0.820. The Bertz CT molecular complexity index is 703. The van der Waals surface area contributed by atoms with Crippen molar-refractivity contribution in [2.45, 2.75) is 63.3 Å². The van der Waals surface area contributed by atoms with E-state index in [1.165, 1.54) is 0 Å². The van der Waals surface area contributed by atoms with Gasteiger partial charge in [0.15, 0.2) is 5.69 Å². The molecular weight excluding hydrogens is 328 g/mol. The van der Waals surface area contributed by atoms with Gasteiger partial charge in [-0.3, -0.25) is 4.68 Å². The second kappa shape index (κ2) is 4.52. The summed E-state index contributed by atoms with van der Waals surface area (Å²) < 4.78 is 54.6. The average molecular weight is 346 g/mol. The molecule has 1 heterocycles. The number of halogens is 4. The first-order valence-electron chi connectivity index (χ1n) is 8.05. The number of carbonyl (C=O) groups is 1. The molecule has 4 nitrogen and oxygen atoms in total. The lowest BCUT2D eigenvalue weighted by Crippen LogP contribution is -2.56. The molecule has 4 fully saturated rings. The molecule has 4 aliphatic carbocycles. The van der Waals surface area contributed by atoms with Gasteiger partial charge < -0.3 is 5.11 Å². The van der Waals surface area contributed by atoms with E-state index in [0.717, 1.165) is 23.9 Å². The highest BCUT2D eigenvalue weighted by Gasteiger charge is 2.61. The van der Waals surface area contributed by atoms with Crippen LogP contribution in [0, 0.1) is 11.3 Å². The molecule has 0 radical (unpaired) electrons. The average Bonchev–Trinajstić information content (AvgIpc) is 2.60. The maximum atomic E-state index is 13.6. The van der Waals surface area contributed by atoms with Crippen LogP contribution in [0.3, 0.4) is 0 Å². The number of carboxylic acids is 1. The van der Waals surface area contributed by atoms with Gasteiger partial charge in [0.2, 0.25) is 5.92 Å². The Morgan fingerprint density at radius 3 is 2.29 bits per heavy atom. The van der Waals surface area contributed by atoms with Crippen molar-refractivity contribution < 1.29 is 27.5 Å². The zero-order valence-corrected chi connectivity index (χ0v) is 13.2. The summed E-state index contributed by atoms with van der Waals surface area (Å²) in [5.74, 6) is -3.73. The summed E-state index contributed by atoms with van der Waals surface area (Å²) in [5, 5.41) is 13.6. The first kappa shape index (κ1) is 15.9. The van der Waals surface area contributed by atoms with Gasteiger partial charge in [-0.1, -0.05) is 6.92 Å². The minimum Gasteiger partial charge on any atom is -0.477 e. The summed E-state index contributed by atoms with van der Waals surface area (Å²) in [6.07, 6.45) is -1.42. The van der Waals surface area contributed by atoms with Crippen molar-refractivity contribution in [3.05, 3.63) is 17.0 Å². The second-order valence-corrected chi connectivity index (χ2v) is 8.15. The van der Waals surface area contributed by atoms with Gasteiger partial charge in [0.05, 0.1) is 11.3 Å². The van der Waals surface area contributed by atoms with Crippen molar-refractivity contribution in [1.29, 1.82) is 0 Å². The Morgan fingerprint density at radius 1 is 1.33 bits per heavy atom. The molecule has 132 valence electrons. The van der Waals surface area contributed by atoms with Gasteiger partial charge in [-0.15, -0.1) is 0 Å². The topological polar surface area (TPSA) is 55.1 Å². The lowest BCUT2D eigenvalue weighted by atomic mass is 9.43. The van der Waals surface area contributed by atoms with Gasteiger partial charge in [0.1, 0.15) is 0 Å². The Kier molecular flexibility index (Phi) is 2.99. The molecule has 8 heteroatoms. The summed E-state index contributed by atoms with van der Waals surface area (Å²) >= 11 is 0.